The highest BCUT2D eigenvalue weighted by Crippen LogP contribution is 2.12. The topological polar surface area (TPSA) is 89.1 Å². The zero-order valence-corrected chi connectivity index (χ0v) is 7.60. The van der Waals surface area contributed by atoms with Gasteiger partial charge in [0.1, 0.15) is 0 Å². The molecule has 0 amide bonds. The van der Waals surface area contributed by atoms with Gasteiger partial charge in [0.05, 0.1) is 0 Å². The third-order valence-corrected chi connectivity index (χ3v) is 1.91. The van der Waals surface area contributed by atoms with Crippen molar-refractivity contribution in [2.75, 3.05) is 0 Å². The molecule has 14 heavy (non-hydrogen) atoms. The van der Waals surface area contributed by atoms with Gasteiger partial charge in [-0.05, 0) is 11.6 Å². The lowest BCUT2D eigenvalue weighted by atomic mass is 10.1. The molecule has 1 aliphatic rings. The Balaban J connectivity index is 0.000000845. The maximum Gasteiger partial charge on any atom is 0.179 e. The van der Waals surface area contributed by atoms with Crippen molar-refractivity contribution >= 4 is 12.3 Å². The van der Waals surface area contributed by atoms with Gasteiger partial charge >= 0.3 is 0 Å². The molecular weight excluding hydrogens is 182 g/mol. The summed E-state index contributed by atoms with van der Waals surface area (Å²) in [7, 11) is 0. The molecule has 0 spiro atoms. The van der Waals surface area contributed by atoms with Crippen LogP contribution in [0.15, 0.2) is 30.3 Å². The normalized spacial score (nSPS) is 12.7. The van der Waals surface area contributed by atoms with Crippen LogP contribution < -0.4 is 0 Å². The average Bonchev–Trinajstić information content (AvgIpc) is 2.25. The number of benzene rings is 1. The zero-order valence-electron chi connectivity index (χ0n) is 7.60. The van der Waals surface area contributed by atoms with Gasteiger partial charge in [0.2, 0.25) is 0 Å². The van der Waals surface area contributed by atoms with Crippen molar-refractivity contribution < 1.29 is 15.7 Å². The summed E-state index contributed by atoms with van der Waals surface area (Å²) in [6.45, 7) is 0.448. The summed E-state index contributed by atoms with van der Waals surface area (Å²) in [6.07, 6.45) is 5.27. The quantitative estimate of drug-likeness (QED) is 0.428. The molecule has 4 N–H and O–H groups in total. The number of hydrogen-bond donors (Lipinski definition) is 0. The van der Waals surface area contributed by atoms with E-state index < -0.39 is 0 Å². The molecular formula is C10H13NO3. The molecule has 2 rings (SSSR count). The Morgan fingerprint density at radius 1 is 1.14 bits per heavy atom. The Kier molecular flexibility index (Phi) is 4.55. The van der Waals surface area contributed by atoms with Crippen LogP contribution in [0.1, 0.15) is 11.1 Å². The molecule has 4 nitrogen and oxygen atoms in total. The van der Waals surface area contributed by atoms with Crippen molar-refractivity contribution in [1.29, 1.82) is 0 Å². The lowest BCUT2D eigenvalue weighted by Crippen LogP contribution is -2.02. The minimum atomic E-state index is 0. The molecule has 1 aromatic rings. The summed E-state index contributed by atoms with van der Waals surface area (Å²) in [5.41, 5.74) is 2.21. The zero-order chi connectivity index (χ0) is 8.39. The molecule has 1 aliphatic heterocycles. The van der Waals surface area contributed by atoms with Gasteiger partial charge in [-0.25, -0.2) is 4.74 Å². The minimum absolute atomic E-state index is 0. The van der Waals surface area contributed by atoms with Crippen LogP contribution in [0, 0.1) is 5.21 Å². The Bertz CT molecular complexity index is 358. The monoisotopic (exact) mass is 195 g/mol. The van der Waals surface area contributed by atoms with Crippen molar-refractivity contribution in [3.8, 4) is 0 Å². The third kappa shape index (κ3) is 2.42. The van der Waals surface area contributed by atoms with Crippen molar-refractivity contribution in [3.05, 3.63) is 46.7 Å². The molecule has 0 bridgehead atoms. The number of nitrogens with zero attached hydrogens (tertiary/aromatic N) is 1. The smallest absolute Gasteiger partial charge is 0.179 e. The van der Waals surface area contributed by atoms with E-state index in [1.54, 1.807) is 12.3 Å². The summed E-state index contributed by atoms with van der Waals surface area (Å²) in [5.74, 6) is 0. The third-order valence-electron chi connectivity index (χ3n) is 1.91. The average molecular weight is 195 g/mol. The van der Waals surface area contributed by atoms with Gasteiger partial charge in [-0.15, -0.1) is 0 Å². The molecule has 1 heterocycles. The second-order valence-corrected chi connectivity index (χ2v) is 2.78. The van der Waals surface area contributed by atoms with Gasteiger partial charge < -0.3 is 16.2 Å². The van der Waals surface area contributed by atoms with E-state index in [1.165, 1.54) is 0 Å². The maximum absolute atomic E-state index is 11.1. The number of allylic oxidation sites excluding steroid dienone is 1. The number of hydroxylamine groups is 1. The predicted molar refractivity (Wildman–Crippen MR) is 56.1 cm³/mol. The molecule has 0 unspecified atom stereocenters. The van der Waals surface area contributed by atoms with E-state index in [1.807, 2.05) is 30.3 Å². The summed E-state index contributed by atoms with van der Waals surface area (Å²) < 4.78 is 0.933. The van der Waals surface area contributed by atoms with Gasteiger partial charge in [-0.3, -0.25) is 0 Å². The van der Waals surface area contributed by atoms with E-state index in [0.29, 0.717) is 6.54 Å². The second kappa shape index (κ2) is 5.16. The van der Waals surface area contributed by atoms with Crippen LogP contribution in [0.3, 0.4) is 0 Å². The maximum atomic E-state index is 11.1. The van der Waals surface area contributed by atoms with Crippen LogP contribution in [-0.2, 0) is 6.54 Å². The largest absolute Gasteiger partial charge is 0.624 e. The molecule has 76 valence electrons. The van der Waals surface area contributed by atoms with Gasteiger partial charge in [-0.1, -0.05) is 24.3 Å². The van der Waals surface area contributed by atoms with E-state index >= 15 is 0 Å². The van der Waals surface area contributed by atoms with Crippen LogP contribution in [0.4, 0.5) is 0 Å². The molecule has 0 aliphatic carbocycles. The van der Waals surface area contributed by atoms with E-state index in [4.69, 9.17) is 0 Å². The second-order valence-electron chi connectivity index (χ2n) is 2.78. The van der Waals surface area contributed by atoms with Gasteiger partial charge in [0.15, 0.2) is 12.8 Å². The van der Waals surface area contributed by atoms with Crippen LogP contribution in [0.5, 0.6) is 0 Å². The summed E-state index contributed by atoms with van der Waals surface area (Å²) in [6, 6.07) is 7.91. The molecule has 0 saturated heterocycles. The number of hydrogen-bond acceptors (Lipinski definition) is 1. The Labute approximate surface area is 82.0 Å². The number of rotatable bonds is 0. The van der Waals surface area contributed by atoms with E-state index in [9.17, 15) is 5.21 Å². The molecule has 1 aromatic carbocycles. The summed E-state index contributed by atoms with van der Waals surface area (Å²) >= 11 is 0. The van der Waals surface area contributed by atoms with E-state index in [0.717, 1.165) is 15.9 Å². The van der Waals surface area contributed by atoms with Crippen LogP contribution in [0.2, 0.25) is 0 Å². The molecule has 0 aromatic heterocycles. The van der Waals surface area contributed by atoms with Crippen LogP contribution >= 0.6 is 0 Å². The van der Waals surface area contributed by atoms with E-state index in [-0.39, 0.29) is 11.0 Å². The van der Waals surface area contributed by atoms with Crippen LogP contribution in [0.25, 0.3) is 6.08 Å². The van der Waals surface area contributed by atoms with Crippen molar-refractivity contribution in [2.45, 2.75) is 6.54 Å². The highest BCUT2D eigenvalue weighted by atomic mass is 16.5. The lowest BCUT2D eigenvalue weighted by Gasteiger charge is -2.03. The van der Waals surface area contributed by atoms with Gasteiger partial charge in [-0.2, -0.15) is 0 Å². The summed E-state index contributed by atoms with van der Waals surface area (Å²) in [4.78, 5) is 0. The highest BCUT2D eigenvalue weighted by molar-refractivity contribution is 5.76. The predicted octanol–water partition coefficient (Wildman–Crippen LogP) is 0.145. The molecule has 0 fully saturated rings. The SMILES string of the molecule is O.O.[O-][N+]1=CC=Cc2ccccc2C1. The van der Waals surface area contributed by atoms with Crippen LogP contribution in [-0.4, -0.2) is 21.9 Å². The van der Waals surface area contributed by atoms with Gasteiger partial charge in [0.25, 0.3) is 0 Å². The minimum Gasteiger partial charge on any atom is -0.624 e. The first-order valence-corrected chi connectivity index (χ1v) is 3.89. The molecule has 0 saturated carbocycles. The highest BCUT2D eigenvalue weighted by Gasteiger charge is 2.04. The fourth-order valence-electron chi connectivity index (χ4n) is 1.30. The first kappa shape index (κ1) is 12.4. The van der Waals surface area contributed by atoms with Crippen molar-refractivity contribution in [2.24, 2.45) is 0 Å². The Hall–Kier alpha value is -1.65. The lowest BCUT2D eigenvalue weighted by molar-refractivity contribution is -0.469. The molecule has 0 radical (unpaired) electrons. The summed E-state index contributed by atoms with van der Waals surface area (Å²) in [5, 5.41) is 11.1. The van der Waals surface area contributed by atoms with Gasteiger partial charge in [0, 0.05) is 11.6 Å². The fraction of sp³-hybridized carbons (Fsp3) is 0.100. The molecule has 0 atom stereocenters. The Morgan fingerprint density at radius 3 is 2.64 bits per heavy atom. The van der Waals surface area contributed by atoms with Crippen molar-refractivity contribution in [3.63, 3.8) is 0 Å². The van der Waals surface area contributed by atoms with E-state index in [2.05, 4.69) is 0 Å². The Morgan fingerprint density at radius 2 is 1.86 bits per heavy atom. The fourth-order valence-corrected chi connectivity index (χ4v) is 1.30. The standard InChI is InChI=1S/C10H9NO.2H2O/c12-11-7-3-6-9-4-1-2-5-10(9)8-11;;/h1-7H,8H2;2*1H2. The van der Waals surface area contributed by atoms with Crippen molar-refractivity contribution in [1.82, 2.24) is 0 Å². The number of fused-ring (bicyclic) bond motifs is 1. The first-order valence-electron chi connectivity index (χ1n) is 3.89. The first-order chi connectivity index (χ1) is 5.86. The molecule has 4 heteroatoms.